The molecule has 0 nitrogen and oxygen atoms in total. The number of rotatable bonds is 5. The second kappa shape index (κ2) is 8.39. The largest absolute Gasteiger partial charge is 0.178 e. The van der Waals surface area contributed by atoms with Gasteiger partial charge in [0.25, 0.3) is 0 Å². The summed E-state index contributed by atoms with van der Waals surface area (Å²) in [7, 11) is 0. The highest BCUT2D eigenvalue weighted by Gasteiger charge is 2.48. The third-order valence-corrected chi connectivity index (χ3v) is 7.26. The minimum absolute atomic E-state index is 0.218. The lowest BCUT2D eigenvalue weighted by Gasteiger charge is -2.15. The van der Waals surface area contributed by atoms with E-state index in [1.54, 1.807) is 0 Å². The number of hydrogen-bond donors (Lipinski definition) is 0. The number of hydrogen-bond acceptors (Lipinski definition) is 0. The van der Waals surface area contributed by atoms with Crippen molar-refractivity contribution in [1.82, 2.24) is 0 Å². The minimum Gasteiger partial charge on any atom is -0.0622 e. The molecular formula is C34H27+. The van der Waals surface area contributed by atoms with Crippen molar-refractivity contribution in [2.24, 2.45) is 0 Å². The molecule has 0 saturated heterocycles. The van der Waals surface area contributed by atoms with Gasteiger partial charge in [0.05, 0.1) is 0 Å². The lowest BCUT2D eigenvalue weighted by atomic mass is 9.83. The summed E-state index contributed by atoms with van der Waals surface area (Å²) >= 11 is 0. The Hall–Kier alpha value is -4.03. The van der Waals surface area contributed by atoms with Crippen molar-refractivity contribution >= 4 is 22.3 Å². The molecule has 0 fully saturated rings. The van der Waals surface area contributed by atoms with Crippen LogP contribution in [0.25, 0.3) is 22.3 Å². The lowest BCUT2D eigenvalue weighted by molar-refractivity contribution is 1.17. The monoisotopic (exact) mass is 435 g/mol. The average molecular weight is 436 g/mol. The van der Waals surface area contributed by atoms with Crippen LogP contribution in [0.5, 0.6) is 0 Å². The van der Waals surface area contributed by atoms with E-state index in [0.29, 0.717) is 0 Å². The minimum atomic E-state index is 0.218. The fourth-order valence-electron chi connectivity index (χ4n) is 5.52. The number of benzene rings is 4. The van der Waals surface area contributed by atoms with Gasteiger partial charge in [0.1, 0.15) is 5.92 Å². The van der Waals surface area contributed by atoms with Crippen LogP contribution in [-0.2, 0) is 0 Å². The summed E-state index contributed by atoms with van der Waals surface area (Å²) in [6, 6.07) is 43.8. The van der Waals surface area contributed by atoms with Crippen LogP contribution in [0.15, 0.2) is 121 Å². The average Bonchev–Trinajstić information content (AvgIpc) is 3.34. The summed E-state index contributed by atoms with van der Waals surface area (Å²) in [6.07, 6.45) is 0. The second-order valence-corrected chi connectivity index (χ2v) is 9.14. The maximum absolute atomic E-state index is 2.28. The highest BCUT2D eigenvalue weighted by Crippen LogP contribution is 2.61. The molecule has 5 aromatic carbocycles. The first-order valence-corrected chi connectivity index (χ1v) is 12.0. The van der Waals surface area contributed by atoms with Crippen molar-refractivity contribution in [1.29, 1.82) is 0 Å². The van der Waals surface area contributed by atoms with Crippen molar-refractivity contribution < 1.29 is 0 Å². The molecule has 34 heavy (non-hydrogen) atoms. The van der Waals surface area contributed by atoms with E-state index in [-0.39, 0.29) is 5.92 Å². The van der Waals surface area contributed by atoms with Gasteiger partial charge in [0.2, 0.25) is 0 Å². The van der Waals surface area contributed by atoms with Crippen molar-refractivity contribution in [3.63, 3.8) is 0 Å². The molecule has 0 aliphatic heterocycles. The Morgan fingerprint density at radius 3 is 1.06 bits per heavy atom. The molecule has 0 saturated carbocycles. The third-order valence-electron chi connectivity index (χ3n) is 7.26. The van der Waals surface area contributed by atoms with Gasteiger partial charge in [-0.3, -0.25) is 0 Å². The Bertz CT molecular complexity index is 1350. The van der Waals surface area contributed by atoms with Crippen molar-refractivity contribution in [3.05, 3.63) is 160 Å². The molecule has 0 heterocycles. The van der Waals surface area contributed by atoms with E-state index in [2.05, 4.69) is 135 Å². The zero-order valence-corrected chi connectivity index (χ0v) is 19.6. The Morgan fingerprint density at radius 1 is 0.471 bits per heavy atom. The first-order valence-electron chi connectivity index (χ1n) is 12.0. The van der Waals surface area contributed by atoms with Gasteiger partial charge >= 0.3 is 0 Å². The van der Waals surface area contributed by atoms with Crippen LogP contribution in [0, 0.1) is 13.8 Å². The Kier molecular flexibility index (Phi) is 5.08. The predicted molar refractivity (Wildman–Crippen MR) is 145 cm³/mol. The highest BCUT2D eigenvalue weighted by atomic mass is 14.4. The Morgan fingerprint density at radius 2 is 0.765 bits per heavy atom. The van der Waals surface area contributed by atoms with Crippen molar-refractivity contribution in [2.45, 2.75) is 19.8 Å². The summed E-state index contributed by atoms with van der Waals surface area (Å²) < 4.78 is 0. The number of allylic oxidation sites excluding steroid dienone is 4. The molecule has 0 spiro atoms. The lowest BCUT2D eigenvalue weighted by Crippen LogP contribution is -2.00. The highest BCUT2D eigenvalue weighted by molar-refractivity contribution is 6.30. The summed E-state index contributed by atoms with van der Waals surface area (Å²) in [5.74, 6) is 0.218. The van der Waals surface area contributed by atoms with E-state index in [0.717, 1.165) is 0 Å². The Labute approximate surface area is 202 Å². The van der Waals surface area contributed by atoms with Crippen LogP contribution in [0.2, 0.25) is 0 Å². The predicted octanol–water partition coefficient (Wildman–Crippen LogP) is 8.78. The zero-order chi connectivity index (χ0) is 23.1. The molecule has 162 valence electrons. The molecule has 0 radical (unpaired) electrons. The van der Waals surface area contributed by atoms with Gasteiger partial charge in [-0.15, -0.1) is 0 Å². The van der Waals surface area contributed by atoms with Gasteiger partial charge in [-0.05, 0) is 44.5 Å². The van der Waals surface area contributed by atoms with E-state index in [1.807, 2.05) is 0 Å². The Balaban J connectivity index is 1.76. The smallest absolute Gasteiger partial charge is 0.0622 e. The maximum Gasteiger partial charge on any atom is 0.178 e. The molecule has 0 unspecified atom stereocenters. The van der Waals surface area contributed by atoms with Gasteiger partial charge in [-0.2, -0.15) is 0 Å². The van der Waals surface area contributed by atoms with Crippen LogP contribution in [0.3, 0.4) is 0 Å². The summed E-state index contributed by atoms with van der Waals surface area (Å²) in [5.41, 5.74) is 15.1. The van der Waals surface area contributed by atoms with Crippen LogP contribution in [0.4, 0.5) is 0 Å². The van der Waals surface area contributed by atoms with Crippen LogP contribution in [-0.4, -0.2) is 0 Å². The van der Waals surface area contributed by atoms with Gasteiger partial charge < -0.3 is 0 Å². The van der Waals surface area contributed by atoms with Gasteiger partial charge in [-0.1, -0.05) is 121 Å². The molecule has 1 aliphatic carbocycles. The molecule has 0 aromatic heterocycles. The molecule has 0 N–H and O–H groups in total. The normalized spacial score (nSPS) is 14.4. The first-order chi connectivity index (χ1) is 16.8. The van der Waals surface area contributed by atoms with E-state index >= 15 is 0 Å². The molecule has 0 heteroatoms. The molecule has 0 atom stereocenters. The summed E-state index contributed by atoms with van der Waals surface area (Å²) in [5, 5.41) is 0. The summed E-state index contributed by atoms with van der Waals surface area (Å²) in [4.78, 5) is 0. The van der Waals surface area contributed by atoms with Gasteiger partial charge in [0, 0.05) is 13.8 Å². The standard InChI is InChI=1S/C34H27/c1-23-24(2)29(23)34-32(27-19-11-5-12-20-27)30(25-15-7-3-8-16-25)31(26-17-9-4-10-18-26)33(34)28-21-13-6-14-22-28/h3-22,34H,1-2H3/q+1. The topological polar surface area (TPSA) is 0 Å². The third kappa shape index (κ3) is 3.35. The second-order valence-electron chi connectivity index (χ2n) is 9.14. The summed E-state index contributed by atoms with van der Waals surface area (Å²) in [6.45, 7) is 4.55. The van der Waals surface area contributed by atoms with E-state index in [4.69, 9.17) is 0 Å². The SMILES string of the molecule is Cc1c(C2C(c3ccccc3)=C(c3ccccc3)C(c3ccccc3)=C2c2ccccc2)[c+]1C. The van der Waals surface area contributed by atoms with E-state index < -0.39 is 0 Å². The molecule has 5 aromatic rings. The van der Waals surface area contributed by atoms with Crippen molar-refractivity contribution in [3.8, 4) is 0 Å². The van der Waals surface area contributed by atoms with E-state index in [1.165, 1.54) is 61.2 Å². The van der Waals surface area contributed by atoms with Crippen LogP contribution in [0.1, 0.15) is 44.9 Å². The zero-order valence-electron chi connectivity index (χ0n) is 19.6. The van der Waals surface area contributed by atoms with Crippen LogP contribution >= 0.6 is 0 Å². The first kappa shape index (κ1) is 20.6. The van der Waals surface area contributed by atoms with Gasteiger partial charge in [-0.25, -0.2) is 0 Å². The quantitative estimate of drug-likeness (QED) is 0.242. The van der Waals surface area contributed by atoms with Crippen molar-refractivity contribution in [2.75, 3.05) is 0 Å². The van der Waals surface area contributed by atoms with E-state index in [9.17, 15) is 0 Å². The van der Waals surface area contributed by atoms with Crippen LogP contribution < -0.4 is 0 Å². The molecular weight excluding hydrogens is 408 g/mol. The van der Waals surface area contributed by atoms with Gasteiger partial charge in [0.15, 0.2) is 16.7 Å². The molecule has 0 amide bonds. The fourth-order valence-corrected chi connectivity index (χ4v) is 5.52. The fraction of sp³-hybridized carbons (Fsp3) is 0.0882. The molecule has 1 aliphatic rings. The molecule has 6 rings (SSSR count). The molecule has 0 bridgehead atoms. The maximum atomic E-state index is 2.28.